The fourth-order valence-electron chi connectivity index (χ4n) is 2.23. The van der Waals surface area contributed by atoms with Gasteiger partial charge in [-0.05, 0) is 19.3 Å². The first-order valence-corrected chi connectivity index (χ1v) is 6.36. The molecule has 1 N–H and O–H groups in total. The maximum absolute atomic E-state index is 9.13. The summed E-state index contributed by atoms with van der Waals surface area (Å²) in [5, 5.41) is 17.6. The highest BCUT2D eigenvalue weighted by Crippen LogP contribution is 2.20. The summed E-state index contributed by atoms with van der Waals surface area (Å²) in [6, 6.07) is 0. The minimum atomic E-state index is 0.248. The predicted octanol–water partition coefficient (Wildman–Crippen LogP) is 0.815. The van der Waals surface area contributed by atoms with Crippen LogP contribution in [0.25, 0.3) is 0 Å². The van der Waals surface area contributed by atoms with Crippen molar-refractivity contribution in [3.05, 3.63) is 11.4 Å². The van der Waals surface area contributed by atoms with Crippen molar-refractivity contribution < 1.29 is 5.11 Å². The van der Waals surface area contributed by atoms with Crippen LogP contribution in [0.5, 0.6) is 0 Å². The van der Waals surface area contributed by atoms with E-state index in [1.165, 1.54) is 0 Å². The van der Waals surface area contributed by atoms with Crippen molar-refractivity contribution in [3.8, 4) is 0 Å². The second-order valence-electron chi connectivity index (χ2n) is 4.50. The zero-order valence-electron chi connectivity index (χ0n) is 10.6. The van der Waals surface area contributed by atoms with E-state index in [0.717, 1.165) is 49.7 Å². The van der Waals surface area contributed by atoms with Crippen LogP contribution >= 0.6 is 0 Å². The third-order valence-electron chi connectivity index (χ3n) is 3.32. The molecular weight excluding hydrogens is 216 g/mol. The van der Waals surface area contributed by atoms with E-state index in [1.807, 2.05) is 0 Å². The average Bonchev–Trinajstić information content (AvgIpc) is 2.86. The number of aromatic nitrogens is 3. The molecule has 94 valence electrons. The van der Waals surface area contributed by atoms with Gasteiger partial charge in [0, 0.05) is 25.6 Å². The standard InChI is InChI=1S/C12H20N4O/c1-3-10-11(4-2)14-15-12(13-10)16-6-5-9(7-16)8-17/h9,17H,3-8H2,1-2H3. The first-order valence-electron chi connectivity index (χ1n) is 6.36. The van der Waals surface area contributed by atoms with Crippen LogP contribution in [0.15, 0.2) is 0 Å². The van der Waals surface area contributed by atoms with E-state index in [4.69, 9.17) is 5.11 Å². The normalized spacial score (nSPS) is 19.9. The lowest BCUT2D eigenvalue weighted by Gasteiger charge is -2.16. The number of aryl methyl sites for hydroxylation is 2. The molecular formula is C12H20N4O. The molecule has 0 amide bonds. The zero-order valence-corrected chi connectivity index (χ0v) is 10.6. The van der Waals surface area contributed by atoms with E-state index in [2.05, 4.69) is 33.9 Å². The van der Waals surface area contributed by atoms with Crippen LogP contribution in [-0.4, -0.2) is 40.0 Å². The van der Waals surface area contributed by atoms with E-state index in [9.17, 15) is 0 Å². The highest BCUT2D eigenvalue weighted by atomic mass is 16.3. The highest BCUT2D eigenvalue weighted by Gasteiger charge is 2.24. The molecule has 0 bridgehead atoms. The molecule has 1 saturated heterocycles. The van der Waals surface area contributed by atoms with Gasteiger partial charge in [-0.2, -0.15) is 5.10 Å². The smallest absolute Gasteiger partial charge is 0.245 e. The molecule has 0 aromatic carbocycles. The van der Waals surface area contributed by atoms with Crippen LogP contribution < -0.4 is 4.90 Å². The largest absolute Gasteiger partial charge is 0.396 e. The molecule has 0 radical (unpaired) electrons. The van der Waals surface area contributed by atoms with Gasteiger partial charge in [0.05, 0.1) is 11.4 Å². The molecule has 2 rings (SSSR count). The molecule has 0 aliphatic carbocycles. The second kappa shape index (κ2) is 5.40. The molecule has 1 aliphatic rings. The van der Waals surface area contributed by atoms with Crippen molar-refractivity contribution in [2.24, 2.45) is 5.92 Å². The van der Waals surface area contributed by atoms with Crippen molar-refractivity contribution in [1.29, 1.82) is 0 Å². The van der Waals surface area contributed by atoms with Gasteiger partial charge in [-0.1, -0.05) is 13.8 Å². The van der Waals surface area contributed by atoms with Crippen LogP contribution in [0.3, 0.4) is 0 Å². The van der Waals surface area contributed by atoms with Gasteiger partial charge >= 0.3 is 0 Å². The van der Waals surface area contributed by atoms with Gasteiger partial charge in [-0.3, -0.25) is 0 Å². The molecule has 0 spiro atoms. The fourth-order valence-corrected chi connectivity index (χ4v) is 2.23. The minimum Gasteiger partial charge on any atom is -0.396 e. The van der Waals surface area contributed by atoms with Crippen LogP contribution in [0, 0.1) is 5.92 Å². The van der Waals surface area contributed by atoms with E-state index in [1.54, 1.807) is 0 Å². The molecule has 0 saturated carbocycles. The van der Waals surface area contributed by atoms with Gasteiger partial charge in [0.2, 0.25) is 5.95 Å². The van der Waals surface area contributed by atoms with Crippen molar-refractivity contribution >= 4 is 5.95 Å². The fraction of sp³-hybridized carbons (Fsp3) is 0.750. The molecule has 1 atom stereocenters. The average molecular weight is 236 g/mol. The summed E-state index contributed by atoms with van der Waals surface area (Å²) in [4.78, 5) is 6.70. The van der Waals surface area contributed by atoms with Crippen LogP contribution in [0.4, 0.5) is 5.95 Å². The summed E-state index contributed by atoms with van der Waals surface area (Å²) in [7, 11) is 0. The van der Waals surface area contributed by atoms with E-state index < -0.39 is 0 Å². The van der Waals surface area contributed by atoms with Crippen molar-refractivity contribution in [3.63, 3.8) is 0 Å². The van der Waals surface area contributed by atoms with Crippen LogP contribution in [0.2, 0.25) is 0 Å². The molecule has 5 nitrogen and oxygen atoms in total. The third kappa shape index (κ3) is 2.54. The lowest BCUT2D eigenvalue weighted by molar-refractivity contribution is 0.238. The number of aliphatic hydroxyl groups excluding tert-OH is 1. The van der Waals surface area contributed by atoms with Gasteiger partial charge in [0.25, 0.3) is 0 Å². The Morgan fingerprint density at radius 3 is 2.59 bits per heavy atom. The van der Waals surface area contributed by atoms with Crippen molar-refractivity contribution in [2.75, 3.05) is 24.6 Å². The van der Waals surface area contributed by atoms with Crippen molar-refractivity contribution in [2.45, 2.75) is 33.1 Å². The Morgan fingerprint density at radius 1 is 1.24 bits per heavy atom. The summed E-state index contributed by atoms with van der Waals surface area (Å²) in [5.41, 5.74) is 2.04. The Bertz CT molecular complexity index is 383. The molecule has 1 aromatic heterocycles. The zero-order chi connectivity index (χ0) is 12.3. The lowest BCUT2D eigenvalue weighted by Crippen LogP contribution is -2.24. The minimum absolute atomic E-state index is 0.248. The number of anilines is 1. The van der Waals surface area contributed by atoms with Gasteiger partial charge < -0.3 is 10.0 Å². The Kier molecular flexibility index (Phi) is 3.89. The SMILES string of the molecule is CCc1nnc(N2CCC(CO)C2)nc1CC. The summed E-state index contributed by atoms with van der Waals surface area (Å²) in [6.07, 6.45) is 2.78. The Labute approximate surface area is 102 Å². The Morgan fingerprint density at radius 2 is 2.00 bits per heavy atom. The first kappa shape index (κ1) is 12.2. The van der Waals surface area contributed by atoms with Gasteiger partial charge in [0.1, 0.15) is 0 Å². The van der Waals surface area contributed by atoms with E-state index in [-0.39, 0.29) is 6.61 Å². The monoisotopic (exact) mass is 236 g/mol. The maximum Gasteiger partial charge on any atom is 0.245 e. The molecule has 1 aliphatic heterocycles. The summed E-state index contributed by atoms with van der Waals surface area (Å²) < 4.78 is 0. The molecule has 5 heteroatoms. The first-order chi connectivity index (χ1) is 8.28. The van der Waals surface area contributed by atoms with Crippen LogP contribution in [-0.2, 0) is 12.8 Å². The third-order valence-corrected chi connectivity index (χ3v) is 3.32. The molecule has 1 unspecified atom stereocenters. The number of rotatable bonds is 4. The lowest BCUT2D eigenvalue weighted by atomic mass is 10.1. The quantitative estimate of drug-likeness (QED) is 0.838. The van der Waals surface area contributed by atoms with E-state index >= 15 is 0 Å². The van der Waals surface area contributed by atoms with Crippen LogP contribution in [0.1, 0.15) is 31.7 Å². The number of hydrogen-bond donors (Lipinski definition) is 1. The predicted molar refractivity (Wildman–Crippen MR) is 66.0 cm³/mol. The second-order valence-corrected chi connectivity index (χ2v) is 4.50. The maximum atomic E-state index is 9.13. The number of aliphatic hydroxyl groups is 1. The molecule has 2 heterocycles. The number of nitrogens with zero attached hydrogens (tertiary/aromatic N) is 4. The Hall–Kier alpha value is -1.23. The summed E-state index contributed by atoms with van der Waals surface area (Å²) in [6.45, 7) is 6.17. The highest BCUT2D eigenvalue weighted by molar-refractivity contribution is 5.32. The topological polar surface area (TPSA) is 62.1 Å². The molecule has 1 fully saturated rings. The van der Waals surface area contributed by atoms with Crippen molar-refractivity contribution in [1.82, 2.24) is 15.2 Å². The Balaban J connectivity index is 2.16. The number of hydrogen-bond acceptors (Lipinski definition) is 5. The van der Waals surface area contributed by atoms with E-state index in [0.29, 0.717) is 5.92 Å². The molecule has 1 aromatic rings. The molecule has 17 heavy (non-hydrogen) atoms. The summed E-state index contributed by atoms with van der Waals surface area (Å²) in [5.74, 6) is 1.07. The summed E-state index contributed by atoms with van der Waals surface area (Å²) >= 11 is 0. The van der Waals surface area contributed by atoms with Gasteiger partial charge in [0.15, 0.2) is 0 Å². The van der Waals surface area contributed by atoms with Gasteiger partial charge in [-0.25, -0.2) is 4.98 Å². The van der Waals surface area contributed by atoms with Gasteiger partial charge in [-0.15, -0.1) is 5.10 Å².